The molecule has 0 aromatic heterocycles. The van der Waals surface area contributed by atoms with Gasteiger partial charge in [-0.1, -0.05) is 19.1 Å². The van der Waals surface area contributed by atoms with Crippen molar-refractivity contribution in [2.45, 2.75) is 20.3 Å². The third-order valence-corrected chi connectivity index (χ3v) is 4.97. The lowest BCUT2D eigenvalue weighted by atomic mass is 10.1. The van der Waals surface area contributed by atoms with Crippen LogP contribution >= 0.6 is 15.9 Å². The number of amides is 4. The first-order valence-electron chi connectivity index (χ1n) is 9.01. The van der Waals surface area contributed by atoms with Crippen molar-refractivity contribution in [1.82, 2.24) is 5.32 Å². The maximum atomic E-state index is 13.0. The molecule has 2 aromatic carbocycles. The highest BCUT2D eigenvalue weighted by Gasteiger charge is 2.36. The van der Waals surface area contributed by atoms with Crippen LogP contribution in [0, 0.1) is 0 Å². The van der Waals surface area contributed by atoms with E-state index in [0.29, 0.717) is 22.3 Å². The fourth-order valence-electron chi connectivity index (χ4n) is 2.88. The van der Waals surface area contributed by atoms with Crippen LogP contribution in [0.3, 0.4) is 0 Å². The number of ether oxygens (including phenoxy) is 1. The van der Waals surface area contributed by atoms with Gasteiger partial charge in [-0.25, -0.2) is 9.69 Å². The van der Waals surface area contributed by atoms with Crippen LogP contribution in [-0.2, 0) is 16.0 Å². The Bertz CT molecular complexity index is 1010. The summed E-state index contributed by atoms with van der Waals surface area (Å²) in [5.74, 6) is -1.39. The maximum absolute atomic E-state index is 13.0. The Morgan fingerprint density at radius 2 is 1.83 bits per heavy atom. The van der Waals surface area contributed by atoms with Crippen molar-refractivity contribution in [1.29, 1.82) is 0 Å². The second-order valence-electron chi connectivity index (χ2n) is 6.26. The topological polar surface area (TPSA) is 95.9 Å². The van der Waals surface area contributed by atoms with Crippen molar-refractivity contribution in [2.24, 2.45) is 0 Å². The number of hydrogen-bond donors (Lipinski definition) is 2. The van der Waals surface area contributed by atoms with Gasteiger partial charge >= 0.3 is 6.03 Å². The van der Waals surface area contributed by atoms with Gasteiger partial charge in [0.05, 0.1) is 16.8 Å². The van der Waals surface area contributed by atoms with Crippen LogP contribution < -0.4 is 15.0 Å². The Labute approximate surface area is 176 Å². The fourth-order valence-corrected chi connectivity index (χ4v) is 3.34. The SMILES string of the molecule is CCOc1cc(/C=C2/C(=O)NC(=O)N(c3ccc(CC)cc3)C2=O)cc(Br)c1O. The number of benzene rings is 2. The summed E-state index contributed by atoms with van der Waals surface area (Å²) in [6.45, 7) is 4.10. The molecule has 0 spiro atoms. The van der Waals surface area contributed by atoms with E-state index >= 15 is 0 Å². The number of carbonyl (C=O) groups excluding carboxylic acids is 3. The van der Waals surface area contributed by atoms with Gasteiger partial charge in [0.15, 0.2) is 11.5 Å². The molecule has 1 heterocycles. The quantitative estimate of drug-likeness (QED) is 0.524. The second-order valence-corrected chi connectivity index (χ2v) is 7.11. The van der Waals surface area contributed by atoms with E-state index in [1.165, 1.54) is 12.1 Å². The van der Waals surface area contributed by atoms with E-state index in [4.69, 9.17) is 4.74 Å². The highest BCUT2D eigenvalue weighted by Crippen LogP contribution is 2.36. The van der Waals surface area contributed by atoms with E-state index in [9.17, 15) is 19.5 Å². The van der Waals surface area contributed by atoms with Crippen molar-refractivity contribution in [3.05, 3.63) is 57.6 Å². The van der Waals surface area contributed by atoms with Crippen LogP contribution in [0.5, 0.6) is 11.5 Å². The minimum absolute atomic E-state index is 0.0822. The maximum Gasteiger partial charge on any atom is 0.335 e. The minimum atomic E-state index is -0.803. The van der Waals surface area contributed by atoms with Gasteiger partial charge in [-0.3, -0.25) is 14.9 Å². The zero-order valence-electron chi connectivity index (χ0n) is 15.9. The zero-order valence-corrected chi connectivity index (χ0v) is 17.4. The molecule has 1 aliphatic rings. The number of carbonyl (C=O) groups is 3. The van der Waals surface area contributed by atoms with Crippen LogP contribution in [0.1, 0.15) is 25.0 Å². The molecule has 150 valence electrons. The molecule has 3 rings (SSSR count). The van der Waals surface area contributed by atoms with Gasteiger partial charge in [0.1, 0.15) is 5.57 Å². The van der Waals surface area contributed by atoms with Crippen molar-refractivity contribution < 1.29 is 24.2 Å². The lowest BCUT2D eigenvalue weighted by Gasteiger charge is -2.26. The number of phenolic OH excluding ortho intramolecular Hbond substituents is 1. The molecule has 0 bridgehead atoms. The number of phenols is 1. The summed E-state index contributed by atoms with van der Waals surface area (Å²) in [4.78, 5) is 38.5. The summed E-state index contributed by atoms with van der Waals surface area (Å²) in [6.07, 6.45) is 2.17. The van der Waals surface area contributed by atoms with Gasteiger partial charge < -0.3 is 9.84 Å². The van der Waals surface area contributed by atoms with Crippen LogP contribution in [0.4, 0.5) is 10.5 Å². The van der Waals surface area contributed by atoms with E-state index in [1.54, 1.807) is 25.1 Å². The third kappa shape index (κ3) is 4.17. The number of aromatic hydroxyl groups is 1. The molecule has 7 nitrogen and oxygen atoms in total. The third-order valence-electron chi connectivity index (χ3n) is 4.37. The first-order valence-corrected chi connectivity index (χ1v) is 9.80. The van der Waals surface area contributed by atoms with E-state index in [1.807, 2.05) is 19.1 Å². The number of rotatable bonds is 5. The standard InChI is InChI=1S/C21H19BrN2O5/c1-3-12-5-7-14(8-6-12)24-20(27)15(19(26)23-21(24)28)9-13-10-16(22)18(25)17(11-13)29-4-2/h5-11,25H,3-4H2,1-2H3,(H,23,26,28)/b15-9-. The van der Waals surface area contributed by atoms with Crippen molar-refractivity contribution in [3.8, 4) is 11.5 Å². The number of halogens is 1. The van der Waals surface area contributed by atoms with Crippen LogP contribution in [0.15, 0.2) is 46.4 Å². The fraction of sp³-hybridized carbons (Fsp3) is 0.190. The summed E-state index contributed by atoms with van der Waals surface area (Å²) in [5, 5.41) is 12.2. The average molecular weight is 459 g/mol. The first kappa shape index (κ1) is 20.6. The van der Waals surface area contributed by atoms with Crippen molar-refractivity contribution in [2.75, 3.05) is 11.5 Å². The predicted octanol–water partition coefficient (Wildman–Crippen LogP) is 3.78. The summed E-state index contributed by atoms with van der Waals surface area (Å²) in [6, 6.07) is 9.21. The van der Waals surface area contributed by atoms with Crippen LogP contribution in [0.2, 0.25) is 0 Å². The van der Waals surface area contributed by atoms with E-state index in [0.717, 1.165) is 16.9 Å². The second kappa shape index (κ2) is 8.48. The lowest BCUT2D eigenvalue weighted by Crippen LogP contribution is -2.54. The average Bonchev–Trinajstić information content (AvgIpc) is 2.69. The molecule has 29 heavy (non-hydrogen) atoms. The largest absolute Gasteiger partial charge is 0.503 e. The molecule has 1 saturated heterocycles. The molecule has 4 amide bonds. The number of nitrogens with one attached hydrogen (secondary N) is 1. The Morgan fingerprint density at radius 1 is 1.14 bits per heavy atom. The lowest BCUT2D eigenvalue weighted by molar-refractivity contribution is -0.122. The molecule has 1 aliphatic heterocycles. The van der Waals surface area contributed by atoms with E-state index in [-0.39, 0.29) is 17.1 Å². The van der Waals surface area contributed by atoms with Crippen molar-refractivity contribution in [3.63, 3.8) is 0 Å². The summed E-state index contributed by atoms with van der Waals surface area (Å²) >= 11 is 3.22. The first-order chi connectivity index (χ1) is 13.8. The number of hydrogen-bond acceptors (Lipinski definition) is 5. The molecular weight excluding hydrogens is 440 g/mol. The molecular formula is C21H19BrN2O5. The van der Waals surface area contributed by atoms with E-state index < -0.39 is 17.8 Å². The normalized spacial score (nSPS) is 15.6. The molecule has 0 radical (unpaired) electrons. The molecule has 0 atom stereocenters. The Morgan fingerprint density at radius 3 is 2.45 bits per heavy atom. The van der Waals surface area contributed by atoms with Gasteiger partial charge in [-0.2, -0.15) is 0 Å². The summed E-state index contributed by atoms with van der Waals surface area (Å²) < 4.78 is 5.72. The Balaban J connectivity index is 2.01. The molecule has 2 aromatic rings. The predicted molar refractivity (Wildman–Crippen MR) is 112 cm³/mol. The smallest absolute Gasteiger partial charge is 0.335 e. The Kier molecular flexibility index (Phi) is 6.03. The number of aryl methyl sites for hydroxylation is 1. The summed E-state index contributed by atoms with van der Waals surface area (Å²) in [5.41, 5.74) is 1.67. The van der Waals surface area contributed by atoms with Crippen LogP contribution in [-0.4, -0.2) is 29.6 Å². The number of imide groups is 2. The molecule has 2 N–H and O–H groups in total. The highest BCUT2D eigenvalue weighted by molar-refractivity contribution is 9.10. The van der Waals surface area contributed by atoms with Gasteiger partial charge in [0.25, 0.3) is 11.8 Å². The zero-order chi connectivity index (χ0) is 21.1. The van der Waals surface area contributed by atoms with Crippen LogP contribution in [0.25, 0.3) is 6.08 Å². The minimum Gasteiger partial charge on any atom is -0.503 e. The molecule has 0 unspecified atom stereocenters. The number of urea groups is 1. The van der Waals surface area contributed by atoms with Crippen molar-refractivity contribution >= 4 is 45.5 Å². The molecule has 8 heteroatoms. The monoisotopic (exact) mass is 458 g/mol. The highest BCUT2D eigenvalue weighted by atomic mass is 79.9. The van der Waals surface area contributed by atoms with Gasteiger partial charge in [0, 0.05) is 0 Å². The van der Waals surface area contributed by atoms with Gasteiger partial charge in [0.2, 0.25) is 0 Å². The number of barbiturate groups is 1. The number of nitrogens with zero attached hydrogens (tertiary/aromatic N) is 1. The molecule has 0 aliphatic carbocycles. The van der Waals surface area contributed by atoms with E-state index in [2.05, 4.69) is 21.2 Å². The van der Waals surface area contributed by atoms with Gasteiger partial charge in [-0.15, -0.1) is 0 Å². The number of anilines is 1. The molecule has 0 saturated carbocycles. The Hall–Kier alpha value is -3.13. The summed E-state index contributed by atoms with van der Waals surface area (Å²) in [7, 11) is 0. The molecule has 1 fully saturated rings. The van der Waals surface area contributed by atoms with Gasteiger partial charge in [-0.05, 0) is 70.7 Å².